The topological polar surface area (TPSA) is 69.6 Å². The average Bonchev–Trinajstić information content (AvgIpc) is 2.18. The molecule has 0 atom stereocenters. The molecule has 0 heterocycles. The minimum Gasteiger partial charge on any atom is -0.481 e. The van der Waals surface area contributed by atoms with Crippen molar-refractivity contribution in [3.8, 4) is 0 Å². The maximum Gasteiger partial charge on any atom is 0.304 e. The Bertz CT molecular complexity index is 207. The van der Waals surface area contributed by atoms with E-state index in [9.17, 15) is 9.59 Å². The van der Waals surface area contributed by atoms with Crippen LogP contribution in [0.3, 0.4) is 0 Å². The van der Waals surface area contributed by atoms with Gasteiger partial charge in [-0.1, -0.05) is 6.92 Å². The van der Waals surface area contributed by atoms with Gasteiger partial charge in [-0.3, -0.25) is 9.59 Å². The molecular formula is C10H20N2O3. The summed E-state index contributed by atoms with van der Waals surface area (Å²) in [4.78, 5) is 23.5. The number of hydrogen-bond donors (Lipinski definition) is 2. The van der Waals surface area contributed by atoms with Crippen molar-refractivity contribution in [2.75, 3.05) is 26.2 Å². The van der Waals surface area contributed by atoms with Crippen LogP contribution >= 0.6 is 0 Å². The van der Waals surface area contributed by atoms with Gasteiger partial charge in [-0.25, -0.2) is 0 Å². The molecule has 88 valence electrons. The molecule has 0 fully saturated rings. The van der Waals surface area contributed by atoms with Crippen molar-refractivity contribution < 1.29 is 14.7 Å². The number of carboxylic acids is 1. The molecule has 0 aromatic heterocycles. The molecule has 15 heavy (non-hydrogen) atoms. The van der Waals surface area contributed by atoms with Crippen molar-refractivity contribution in [3.63, 3.8) is 0 Å². The van der Waals surface area contributed by atoms with Gasteiger partial charge in [0.1, 0.15) is 0 Å². The van der Waals surface area contributed by atoms with Crippen molar-refractivity contribution >= 4 is 11.9 Å². The van der Waals surface area contributed by atoms with Gasteiger partial charge in [-0.15, -0.1) is 0 Å². The van der Waals surface area contributed by atoms with E-state index >= 15 is 0 Å². The maximum atomic E-state index is 11.1. The number of carbonyl (C=O) groups excluding carboxylic acids is 1. The number of aliphatic carboxylic acids is 1. The Hall–Kier alpha value is -1.10. The number of carbonyl (C=O) groups is 2. The van der Waals surface area contributed by atoms with Crippen molar-refractivity contribution in [1.82, 2.24) is 10.2 Å². The lowest BCUT2D eigenvalue weighted by Crippen LogP contribution is -2.32. The summed E-state index contributed by atoms with van der Waals surface area (Å²) >= 11 is 0. The van der Waals surface area contributed by atoms with Crippen LogP contribution in [0.1, 0.15) is 26.7 Å². The van der Waals surface area contributed by atoms with E-state index in [1.165, 1.54) is 0 Å². The summed E-state index contributed by atoms with van der Waals surface area (Å²) in [6.45, 7) is 6.37. The fourth-order valence-corrected chi connectivity index (χ4v) is 1.23. The quantitative estimate of drug-likeness (QED) is 0.612. The monoisotopic (exact) mass is 216 g/mol. The van der Waals surface area contributed by atoms with Gasteiger partial charge in [0.25, 0.3) is 0 Å². The van der Waals surface area contributed by atoms with E-state index in [2.05, 4.69) is 5.32 Å². The Labute approximate surface area is 90.5 Å². The van der Waals surface area contributed by atoms with Gasteiger partial charge in [-0.2, -0.15) is 0 Å². The van der Waals surface area contributed by atoms with E-state index in [-0.39, 0.29) is 12.3 Å². The van der Waals surface area contributed by atoms with E-state index in [0.29, 0.717) is 26.1 Å². The Morgan fingerprint density at radius 3 is 2.27 bits per heavy atom. The molecule has 0 aliphatic heterocycles. The van der Waals surface area contributed by atoms with Crippen LogP contribution in [-0.4, -0.2) is 48.1 Å². The summed E-state index contributed by atoms with van der Waals surface area (Å²) < 4.78 is 0. The first-order chi connectivity index (χ1) is 7.10. The summed E-state index contributed by atoms with van der Waals surface area (Å²) in [5.41, 5.74) is 0. The smallest absolute Gasteiger partial charge is 0.304 e. The molecule has 0 unspecified atom stereocenters. The van der Waals surface area contributed by atoms with Gasteiger partial charge >= 0.3 is 5.97 Å². The maximum absolute atomic E-state index is 11.1. The first-order valence-electron chi connectivity index (χ1n) is 5.31. The highest BCUT2D eigenvalue weighted by atomic mass is 16.4. The predicted molar refractivity (Wildman–Crippen MR) is 57.7 cm³/mol. The Kier molecular flexibility index (Phi) is 7.62. The minimum atomic E-state index is -0.800. The molecule has 5 heteroatoms. The zero-order valence-corrected chi connectivity index (χ0v) is 9.45. The van der Waals surface area contributed by atoms with E-state index in [1.807, 2.05) is 18.7 Å². The Morgan fingerprint density at radius 2 is 1.80 bits per heavy atom. The van der Waals surface area contributed by atoms with Crippen molar-refractivity contribution in [2.45, 2.75) is 26.7 Å². The van der Waals surface area contributed by atoms with Gasteiger partial charge < -0.3 is 15.3 Å². The number of nitrogens with one attached hydrogen (secondary N) is 1. The summed E-state index contributed by atoms with van der Waals surface area (Å²) in [5, 5.41) is 11.2. The molecule has 0 aliphatic rings. The number of nitrogens with zero attached hydrogens (tertiary/aromatic N) is 1. The van der Waals surface area contributed by atoms with Crippen molar-refractivity contribution in [1.29, 1.82) is 0 Å². The van der Waals surface area contributed by atoms with Gasteiger partial charge in [-0.05, 0) is 13.5 Å². The van der Waals surface area contributed by atoms with E-state index in [0.717, 1.165) is 6.54 Å². The third kappa shape index (κ3) is 7.93. The fourth-order valence-electron chi connectivity index (χ4n) is 1.23. The lowest BCUT2D eigenvalue weighted by atomic mass is 10.3. The standard InChI is InChI=1S/C10H20N2O3/c1-3-11-9(13)5-7-12(4-2)8-6-10(14)15/h3-8H2,1-2H3,(H,11,13)(H,14,15). The molecule has 0 spiro atoms. The number of hydrogen-bond acceptors (Lipinski definition) is 3. The fraction of sp³-hybridized carbons (Fsp3) is 0.800. The first kappa shape index (κ1) is 13.9. The highest BCUT2D eigenvalue weighted by Crippen LogP contribution is 1.94. The number of amides is 1. The molecule has 0 aromatic carbocycles. The molecule has 2 N–H and O–H groups in total. The van der Waals surface area contributed by atoms with E-state index in [1.54, 1.807) is 0 Å². The van der Waals surface area contributed by atoms with Crippen LogP contribution in [0.5, 0.6) is 0 Å². The van der Waals surface area contributed by atoms with Crippen LogP contribution in [0.15, 0.2) is 0 Å². The summed E-state index contributed by atoms with van der Waals surface area (Å²) in [6, 6.07) is 0. The van der Waals surface area contributed by atoms with Crippen LogP contribution < -0.4 is 5.32 Å². The lowest BCUT2D eigenvalue weighted by Gasteiger charge is -2.18. The van der Waals surface area contributed by atoms with E-state index < -0.39 is 5.97 Å². The molecule has 0 rings (SSSR count). The molecule has 0 aliphatic carbocycles. The average molecular weight is 216 g/mol. The molecule has 0 radical (unpaired) electrons. The normalized spacial score (nSPS) is 10.3. The van der Waals surface area contributed by atoms with Gasteiger partial charge in [0, 0.05) is 26.1 Å². The first-order valence-corrected chi connectivity index (χ1v) is 5.31. The SMILES string of the molecule is CCNC(=O)CCN(CC)CCC(=O)O. The van der Waals surface area contributed by atoms with Crippen LogP contribution in [-0.2, 0) is 9.59 Å². The summed E-state index contributed by atoms with van der Waals surface area (Å²) in [6.07, 6.45) is 0.560. The van der Waals surface area contributed by atoms with Crippen LogP contribution in [0.4, 0.5) is 0 Å². The lowest BCUT2D eigenvalue weighted by molar-refractivity contribution is -0.137. The molecule has 1 amide bonds. The largest absolute Gasteiger partial charge is 0.481 e. The molecule has 0 bridgehead atoms. The van der Waals surface area contributed by atoms with Crippen LogP contribution in [0, 0.1) is 0 Å². The molecule has 0 saturated carbocycles. The summed E-state index contributed by atoms with van der Waals surface area (Å²) in [5.74, 6) is -0.780. The Balaban J connectivity index is 3.69. The predicted octanol–water partition coefficient (Wildman–Crippen LogP) is 0.309. The van der Waals surface area contributed by atoms with Crippen LogP contribution in [0.2, 0.25) is 0 Å². The molecule has 0 aromatic rings. The second kappa shape index (κ2) is 8.23. The van der Waals surface area contributed by atoms with Gasteiger partial charge in [0.15, 0.2) is 0 Å². The van der Waals surface area contributed by atoms with Crippen molar-refractivity contribution in [2.24, 2.45) is 0 Å². The zero-order valence-electron chi connectivity index (χ0n) is 9.45. The minimum absolute atomic E-state index is 0.0197. The third-order valence-corrected chi connectivity index (χ3v) is 2.12. The second-order valence-electron chi connectivity index (χ2n) is 3.28. The van der Waals surface area contributed by atoms with Crippen LogP contribution in [0.25, 0.3) is 0 Å². The van der Waals surface area contributed by atoms with Gasteiger partial charge in [0.2, 0.25) is 5.91 Å². The van der Waals surface area contributed by atoms with Gasteiger partial charge in [0.05, 0.1) is 6.42 Å². The van der Waals surface area contributed by atoms with Crippen molar-refractivity contribution in [3.05, 3.63) is 0 Å². The molecule has 5 nitrogen and oxygen atoms in total. The Morgan fingerprint density at radius 1 is 1.20 bits per heavy atom. The number of carboxylic acid groups (broad SMARTS) is 1. The second-order valence-corrected chi connectivity index (χ2v) is 3.28. The highest BCUT2D eigenvalue weighted by molar-refractivity contribution is 5.75. The summed E-state index contributed by atoms with van der Waals surface area (Å²) in [7, 11) is 0. The number of rotatable bonds is 8. The molecular weight excluding hydrogens is 196 g/mol. The zero-order chi connectivity index (χ0) is 11.7. The van der Waals surface area contributed by atoms with E-state index in [4.69, 9.17) is 5.11 Å². The molecule has 0 saturated heterocycles. The third-order valence-electron chi connectivity index (χ3n) is 2.12. The highest BCUT2D eigenvalue weighted by Gasteiger charge is 2.07.